The van der Waals surface area contributed by atoms with Crippen molar-refractivity contribution >= 4 is 17.7 Å². The molecule has 176 valence electrons. The average molecular weight is 464 g/mol. The number of fused-ring (bicyclic) bond motifs is 1. The molecule has 0 aliphatic carbocycles. The van der Waals surface area contributed by atoms with E-state index in [1.165, 1.54) is 0 Å². The third kappa shape index (κ3) is 4.30. The number of hydroxylamine groups is 3. The molecule has 0 fully saturated rings. The Morgan fingerprint density at radius 1 is 1.12 bits per heavy atom. The Kier molecular flexibility index (Phi) is 6.72. The zero-order valence-electron chi connectivity index (χ0n) is 19.2. The Balaban J connectivity index is 1.62. The van der Waals surface area contributed by atoms with E-state index in [-0.39, 0.29) is 19.6 Å². The zero-order valence-corrected chi connectivity index (χ0v) is 19.2. The zero-order chi connectivity index (χ0) is 24.3. The van der Waals surface area contributed by atoms with E-state index >= 15 is 0 Å². The molecule has 1 N–H and O–H groups in total. The molecule has 0 saturated heterocycles. The number of benzene rings is 2. The van der Waals surface area contributed by atoms with E-state index in [9.17, 15) is 19.5 Å². The largest absolute Gasteiger partial charge is 0.476 e. The molecule has 0 spiro atoms. The number of carboxylic acids is 1. The van der Waals surface area contributed by atoms with Crippen LogP contribution in [0.2, 0.25) is 0 Å². The smallest absolute Gasteiger partial charge is 0.414 e. The van der Waals surface area contributed by atoms with Gasteiger partial charge in [0.05, 0.1) is 5.69 Å². The van der Waals surface area contributed by atoms with Gasteiger partial charge in [-0.3, -0.25) is 4.79 Å². The fraction of sp³-hybridized carbons (Fsp3) is 0.308. The summed E-state index contributed by atoms with van der Waals surface area (Å²) >= 11 is 0. The maximum atomic E-state index is 13.3. The second kappa shape index (κ2) is 9.70. The lowest BCUT2D eigenvalue weighted by Gasteiger charge is -2.40. The maximum Gasteiger partial charge on any atom is 0.414 e. The van der Waals surface area contributed by atoms with Crippen LogP contribution < -0.4 is 0 Å². The highest BCUT2D eigenvalue weighted by Crippen LogP contribution is 2.38. The van der Waals surface area contributed by atoms with Gasteiger partial charge in [-0.15, -0.1) is 0 Å². The number of carbonyl (C=O) groups excluding carboxylic acids is 2. The molecule has 0 radical (unpaired) electrons. The molecule has 34 heavy (non-hydrogen) atoms. The number of oxazole rings is 1. The Labute approximate surface area is 197 Å². The van der Waals surface area contributed by atoms with Gasteiger partial charge < -0.3 is 9.52 Å². The number of ketones is 1. The van der Waals surface area contributed by atoms with Crippen LogP contribution in [-0.2, 0) is 32.1 Å². The summed E-state index contributed by atoms with van der Waals surface area (Å²) in [5.74, 6) is -1.62. The molecule has 8 heteroatoms. The van der Waals surface area contributed by atoms with Crippen molar-refractivity contribution in [3.63, 3.8) is 0 Å². The molecule has 2 atom stereocenters. The first-order valence-electron chi connectivity index (χ1n) is 11.3. The molecule has 2 aromatic carbocycles. The third-order valence-electron chi connectivity index (χ3n) is 6.19. The first-order valence-corrected chi connectivity index (χ1v) is 11.3. The van der Waals surface area contributed by atoms with Crippen LogP contribution in [0.4, 0.5) is 0 Å². The van der Waals surface area contributed by atoms with Gasteiger partial charge >= 0.3 is 11.9 Å². The predicted octanol–water partition coefficient (Wildman–Crippen LogP) is 3.83. The Morgan fingerprint density at radius 2 is 1.82 bits per heavy atom. The van der Waals surface area contributed by atoms with Crippen molar-refractivity contribution in [3.8, 4) is 11.5 Å². The SMILES string of the molecule is CCC(=O)C(=O)[N+]1(OCCc2nc(-c3ccccc3)oc2C)CCc2ccccc2C1C(=O)O. The van der Waals surface area contributed by atoms with Crippen molar-refractivity contribution in [3.05, 3.63) is 77.2 Å². The molecule has 4 rings (SSSR count). The molecule has 1 aliphatic heterocycles. The van der Waals surface area contributed by atoms with E-state index in [0.29, 0.717) is 35.7 Å². The number of hydrogen-bond donors (Lipinski definition) is 1. The number of hydrogen-bond acceptors (Lipinski definition) is 6. The van der Waals surface area contributed by atoms with E-state index in [1.54, 1.807) is 26.0 Å². The lowest BCUT2D eigenvalue weighted by atomic mass is 9.91. The van der Waals surface area contributed by atoms with E-state index in [0.717, 1.165) is 11.1 Å². The Morgan fingerprint density at radius 3 is 2.53 bits per heavy atom. The second-order valence-corrected chi connectivity index (χ2v) is 8.26. The minimum atomic E-state index is -1.33. The number of nitrogens with zero attached hydrogens (tertiary/aromatic N) is 2. The van der Waals surface area contributed by atoms with Gasteiger partial charge in [-0.2, -0.15) is 4.84 Å². The van der Waals surface area contributed by atoms with E-state index < -0.39 is 28.3 Å². The van der Waals surface area contributed by atoms with Gasteiger partial charge in [0.2, 0.25) is 11.9 Å². The second-order valence-electron chi connectivity index (χ2n) is 8.26. The van der Waals surface area contributed by atoms with Crippen LogP contribution >= 0.6 is 0 Å². The molecule has 2 heterocycles. The van der Waals surface area contributed by atoms with Gasteiger partial charge in [-0.1, -0.05) is 54.0 Å². The quantitative estimate of drug-likeness (QED) is 0.400. The summed E-state index contributed by atoms with van der Waals surface area (Å²) in [5.41, 5.74) is 2.81. The highest BCUT2D eigenvalue weighted by atomic mass is 16.7. The van der Waals surface area contributed by atoms with Gasteiger partial charge in [-0.25, -0.2) is 14.6 Å². The van der Waals surface area contributed by atoms with Crippen molar-refractivity contribution in [2.75, 3.05) is 13.2 Å². The number of Topliss-reactive ketones (excluding diaryl/α,β-unsaturated/α-hetero) is 1. The highest BCUT2D eigenvalue weighted by Gasteiger charge is 2.56. The number of carboxylic acid groups (broad SMARTS) is 1. The number of rotatable bonds is 8. The molecule has 0 bridgehead atoms. The van der Waals surface area contributed by atoms with Crippen LogP contribution in [0.25, 0.3) is 11.5 Å². The summed E-state index contributed by atoms with van der Waals surface area (Å²) < 4.78 is 4.90. The van der Waals surface area contributed by atoms with Crippen LogP contribution in [0.3, 0.4) is 0 Å². The first-order chi connectivity index (χ1) is 16.4. The van der Waals surface area contributed by atoms with Gasteiger partial charge in [0, 0.05) is 30.4 Å². The van der Waals surface area contributed by atoms with Gasteiger partial charge in [-0.05, 0) is 24.6 Å². The molecule has 0 saturated carbocycles. The van der Waals surface area contributed by atoms with Crippen LogP contribution in [0.5, 0.6) is 0 Å². The molecule has 1 amide bonds. The lowest BCUT2D eigenvalue weighted by molar-refractivity contribution is -1.06. The van der Waals surface area contributed by atoms with Crippen LogP contribution in [-0.4, -0.2) is 45.5 Å². The molecular weight excluding hydrogens is 436 g/mol. The predicted molar refractivity (Wildman–Crippen MR) is 122 cm³/mol. The van der Waals surface area contributed by atoms with Gasteiger partial charge in [0.1, 0.15) is 18.9 Å². The maximum absolute atomic E-state index is 13.3. The Bertz CT molecular complexity index is 1220. The van der Waals surface area contributed by atoms with Crippen molar-refractivity contribution in [2.24, 2.45) is 0 Å². The van der Waals surface area contributed by atoms with Crippen molar-refractivity contribution in [1.82, 2.24) is 4.98 Å². The molecule has 1 aliphatic rings. The first kappa shape index (κ1) is 23.5. The van der Waals surface area contributed by atoms with E-state index in [1.807, 2.05) is 42.5 Å². The van der Waals surface area contributed by atoms with Gasteiger partial charge in [0.15, 0.2) is 0 Å². The summed E-state index contributed by atoms with van der Waals surface area (Å²) in [6.07, 6.45) is 0.687. The number of aliphatic carboxylic acids is 1. The van der Waals surface area contributed by atoms with E-state index in [2.05, 4.69) is 4.98 Å². The summed E-state index contributed by atoms with van der Waals surface area (Å²) in [7, 11) is 0. The number of carbonyl (C=O) groups is 3. The molecule has 1 aromatic heterocycles. The minimum Gasteiger partial charge on any atom is -0.476 e. The van der Waals surface area contributed by atoms with Gasteiger partial charge in [0.25, 0.3) is 5.78 Å². The number of aryl methyl sites for hydroxylation is 1. The monoisotopic (exact) mass is 463 g/mol. The van der Waals surface area contributed by atoms with Crippen LogP contribution in [0, 0.1) is 6.92 Å². The van der Waals surface area contributed by atoms with Crippen molar-refractivity contribution in [1.29, 1.82) is 0 Å². The number of aromatic nitrogens is 1. The van der Waals surface area contributed by atoms with E-state index in [4.69, 9.17) is 9.25 Å². The summed E-state index contributed by atoms with van der Waals surface area (Å²) in [6.45, 7) is 3.43. The normalized spacial score (nSPS) is 19.4. The molecular formula is C26H27N2O6+. The highest BCUT2D eigenvalue weighted by molar-refractivity contribution is 6.33. The topological polar surface area (TPSA) is 107 Å². The van der Waals surface area contributed by atoms with Crippen LogP contribution in [0.15, 0.2) is 59.0 Å². The van der Waals surface area contributed by atoms with Crippen LogP contribution in [0.1, 0.15) is 42.0 Å². The summed E-state index contributed by atoms with van der Waals surface area (Å²) in [4.78, 5) is 48.8. The standard InChI is InChI=1S/C26H26N2O6/c1-3-22(29)25(30)28(15-13-18-9-7-8-12-20(18)23(28)26(31)32)33-16-14-21-17(2)34-24(27-21)19-10-5-4-6-11-19/h4-12,23H,3,13-16H2,1-2H3/p+1. The average Bonchev–Trinajstić information content (AvgIpc) is 3.23. The lowest BCUT2D eigenvalue weighted by Crippen LogP contribution is -2.62. The fourth-order valence-electron chi connectivity index (χ4n) is 4.43. The molecule has 3 aromatic rings. The molecule has 8 nitrogen and oxygen atoms in total. The summed E-state index contributed by atoms with van der Waals surface area (Å²) in [5, 5.41) is 10.1. The molecule has 2 unspecified atom stereocenters. The van der Waals surface area contributed by atoms with Crippen molar-refractivity contribution in [2.45, 2.75) is 39.2 Å². The Hall–Kier alpha value is -3.62. The fourth-order valence-corrected chi connectivity index (χ4v) is 4.43. The number of amides is 1. The van der Waals surface area contributed by atoms with Crippen molar-refractivity contribution < 1.29 is 33.4 Å². The minimum absolute atomic E-state index is 0.00369. The third-order valence-corrected chi connectivity index (χ3v) is 6.19. The summed E-state index contributed by atoms with van der Waals surface area (Å²) in [6, 6.07) is 15.2. The number of quaternary nitrogens is 1.